The lowest BCUT2D eigenvalue weighted by molar-refractivity contribution is 0.108. The summed E-state index contributed by atoms with van der Waals surface area (Å²) in [5, 5.41) is 5.36. The zero-order valence-corrected chi connectivity index (χ0v) is 24.6. The van der Waals surface area contributed by atoms with Gasteiger partial charge in [-0.1, -0.05) is 30.2 Å². The summed E-state index contributed by atoms with van der Waals surface area (Å²) in [5.74, 6) is 1.97. The van der Waals surface area contributed by atoms with E-state index in [9.17, 15) is 4.39 Å². The quantitative estimate of drug-likeness (QED) is 0.304. The van der Waals surface area contributed by atoms with Crippen LogP contribution in [0.4, 0.5) is 14.6 Å². The SMILES string of the molecule is C#Cc1c(F)ccc2cccc(-c3ncc4c(N5C[C@H]6CC[C@@H](C5)N6)nc(OCC56CCCN5CCC6)nc4c3F)c12.Cl. The lowest BCUT2D eigenvalue weighted by atomic mass is 9.95. The highest BCUT2D eigenvalue weighted by molar-refractivity contribution is 6.02. The van der Waals surface area contributed by atoms with Crippen LogP contribution >= 0.6 is 12.4 Å². The second-order valence-corrected chi connectivity index (χ2v) is 12.2. The Morgan fingerprint density at radius 2 is 1.81 bits per heavy atom. The molecule has 8 rings (SSSR count). The molecule has 0 aliphatic carbocycles. The third-order valence-corrected chi connectivity index (χ3v) is 9.83. The number of nitrogens with one attached hydrogen (secondary N) is 1. The summed E-state index contributed by atoms with van der Waals surface area (Å²) in [6.07, 6.45) is 14.1. The number of rotatable bonds is 5. The first kappa shape index (κ1) is 28.2. The van der Waals surface area contributed by atoms with Crippen LogP contribution in [0, 0.1) is 24.0 Å². The molecule has 1 N–H and O–H groups in total. The van der Waals surface area contributed by atoms with Gasteiger partial charge in [-0.3, -0.25) is 9.88 Å². The number of pyridine rings is 1. The average molecular weight is 603 g/mol. The van der Waals surface area contributed by atoms with E-state index in [-0.39, 0.29) is 40.7 Å². The molecule has 0 amide bonds. The van der Waals surface area contributed by atoms with Crippen molar-refractivity contribution >= 4 is 39.9 Å². The Morgan fingerprint density at radius 3 is 2.56 bits per heavy atom. The summed E-state index contributed by atoms with van der Waals surface area (Å²) in [6, 6.07) is 9.25. The summed E-state index contributed by atoms with van der Waals surface area (Å²) in [6.45, 7) is 4.21. The number of terminal acetylenes is 1. The predicted molar refractivity (Wildman–Crippen MR) is 166 cm³/mol. The minimum Gasteiger partial charge on any atom is -0.461 e. The molecule has 10 heteroatoms. The van der Waals surface area contributed by atoms with Crippen LogP contribution in [-0.4, -0.2) is 70.3 Å². The fourth-order valence-electron chi connectivity index (χ4n) is 7.84. The van der Waals surface area contributed by atoms with Gasteiger partial charge in [0.1, 0.15) is 29.5 Å². The fraction of sp³-hybridized carbons (Fsp3) is 0.424. The first-order valence-electron chi connectivity index (χ1n) is 15.0. The van der Waals surface area contributed by atoms with Gasteiger partial charge < -0.3 is 15.0 Å². The number of piperazine rings is 1. The Kier molecular flexibility index (Phi) is 7.12. The van der Waals surface area contributed by atoms with Crippen molar-refractivity contribution in [3.63, 3.8) is 0 Å². The van der Waals surface area contributed by atoms with Crippen LogP contribution in [0.2, 0.25) is 0 Å². The van der Waals surface area contributed by atoms with Gasteiger partial charge in [-0.25, -0.2) is 8.78 Å². The molecular formula is C33H33ClF2N6O. The molecule has 222 valence electrons. The molecule has 4 aliphatic heterocycles. The molecule has 0 radical (unpaired) electrons. The second-order valence-electron chi connectivity index (χ2n) is 12.2. The van der Waals surface area contributed by atoms with Gasteiger partial charge in [0, 0.05) is 42.3 Å². The number of anilines is 1. The molecule has 4 saturated heterocycles. The van der Waals surface area contributed by atoms with Gasteiger partial charge >= 0.3 is 6.01 Å². The van der Waals surface area contributed by atoms with Crippen molar-refractivity contribution in [3.05, 3.63) is 53.7 Å². The van der Waals surface area contributed by atoms with Crippen LogP contribution in [0.25, 0.3) is 32.9 Å². The van der Waals surface area contributed by atoms with Crippen LogP contribution in [-0.2, 0) is 0 Å². The Balaban J connectivity index is 0.00000300. The Hall–Kier alpha value is -3.58. The van der Waals surface area contributed by atoms with Gasteiger partial charge in [0.15, 0.2) is 5.82 Å². The van der Waals surface area contributed by atoms with Crippen molar-refractivity contribution in [1.82, 2.24) is 25.2 Å². The van der Waals surface area contributed by atoms with Crippen LogP contribution in [0.15, 0.2) is 36.5 Å². The molecule has 4 fully saturated rings. The summed E-state index contributed by atoms with van der Waals surface area (Å²) in [4.78, 5) is 18.9. The Labute approximate surface area is 255 Å². The van der Waals surface area contributed by atoms with Crippen molar-refractivity contribution in [2.24, 2.45) is 0 Å². The molecule has 4 aromatic rings. The minimum atomic E-state index is -0.597. The van der Waals surface area contributed by atoms with Gasteiger partial charge in [-0.2, -0.15) is 9.97 Å². The van der Waals surface area contributed by atoms with Crippen LogP contribution in [0.3, 0.4) is 0 Å². The first-order valence-corrected chi connectivity index (χ1v) is 15.0. The van der Waals surface area contributed by atoms with Gasteiger partial charge in [-0.05, 0) is 63.1 Å². The largest absolute Gasteiger partial charge is 0.461 e. The van der Waals surface area contributed by atoms with E-state index in [0.717, 1.165) is 64.7 Å². The molecule has 2 atom stereocenters. The zero-order valence-electron chi connectivity index (χ0n) is 23.8. The monoisotopic (exact) mass is 602 g/mol. The first-order chi connectivity index (χ1) is 20.5. The lowest BCUT2D eigenvalue weighted by Crippen LogP contribution is -2.51. The smallest absolute Gasteiger partial charge is 0.319 e. The van der Waals surface area contributed by atoms with Crippen molar-refractivity contribution in [2.75, 3.05) is 37.7 Å². The maximum atomic E-state index is 16.7. The van der Waals surface area contributed by atoms with E-state index in [0.29, 0.717) is 46.2 Å². The number of aromatic nitrogens is 3. The average Bonchev–Trinajstić information content (AvgIpc) is 3.69. The van der Waals surface area contributed by atoms with E-state index in [2.05, 4.69) is 31.0 Å². The Bertz CT molecular complexity index is 1750. The van der Waals surface area contributed by atoms with Crippen molar-refractivity contribution < 1.29 is 13.5 Å². The van der Waals surface area contributed by atoms with E-state index >= 15 is 4.39 Å². The van der Waals surface area contributed by atoms with Crippen LogP contribution in [0.1, 0.15) is 44.1 Å². The highest BCUT2D eigenvalue weighted by Gasteiger charge is 2.45. The molecule has 0 unspecified atom stereocenters. The fourth-order valence-corrected chi connectivity index (χ4v) is 7.84. The molecule has 6 heterocycles. The topological polar surface area (TPSA) is 66.4 Å². The number of ether oxygens (including phenoxy) is 1. The number of benzene rings is 2. The van der Waals surface area contributed by atoms with E-state index in [1.54, 1.807) is 24.4 Å². The molecule has 0 saturated carbocycles. The molecule has 2 aromatic heterocycles. The Morgan fingerprint density at radius 1 is 1.05 bits per heavy atom. The molecule has 4 aliphatic rings. The number of hydrogen-bond donors (Lipinski definition) is 1. The maximum absolute atomic E-state index is 16.7. The second kappa shape index (κ2) is 10.8. The normalized spacial score (nSPS) is 22.5. The van der Waals surface area contributed by atoms with Gasteiger partial charge in [0.05, 0.1) is 16.5 Å². The third-order valence-electron chi connectivity index (χ3n) is 9.83. The molecule has 7 nitrogen and oxygen atoms in total. The summed E-state index contributed by atoms with van der Waals surface area (Å²) < 4.78 is 37.8. The molecular weight excluding hydrogens is 570 g/mol. The predicted octanol–water partition coefficient (Wildman–Crippen LogP) is 5.47. The molecule has 43 heavy (non-hydrogen) atoms. The maximum Gasteiger partial charge on any atom is 0.319 e. The van der Waals surface area contributed by atoms with E-state index in [4.69, 9.17) is 16.1 Å². The summed E-state index contributed by atoms with van der Waals surface area (Å²) >= 11 is 0. The highest BCUT2D eigenvalue weighted by Crippen LogP contribution is 2.40. The summed E-state index contributed by atoms with van der Waals surface area (Å²) in [5.41, 5.74) is 0.739. The molecule has 2 aromatic carbocycles. The zero-order chi connectivity index (χ0) is 28.4. The van der Waals surface area contributed by atoms with Gasteiger partial charge in [0.2, 0.25) is 0 Å². The van der Waals surface area contributed by atoms with Crippen LogP contribution in [0.5, 0.6) is 6.01 Å². The highest BCUT2D eigenvalue weighted by atomic mass is 35.5. The van der Waals surface area contributed by atoms with Crippen LogP contribution < -0.4 is 15.0 Å². The third kappa shape index (κ3) is 4.59. The van der Waals surface area contributed by atoms with E-state index in [1.165, 1.54) is 6.07 Å². The standard InChI is InChI=1S/C33H32F2N6O.ClH/c1-2-23-26(34)11-8-20-6-3-7-24(27(20)23)29-28(35)30-25(16-36-29)31(40-17-21-9-10-22(18-40)37-21)39-32(38-30)42-19-33-12-4-14-41(33)15-5-13-33;/h1,3,6-8,11,16,21-22,37H,4-5,9-10,12-15,17-19H2;1H/t21-,22+;. The number of fused-ring (bicyclic) bond motifs is 5. The molecule has 2 bridgehead atoms. The number of nitrogens with zero attached hydrogens (tertiary/aromatic N) is 5. The van der Waals surface area contributed by atoms with Gasteiger partial charge in [-0.15, -0.1) is 18.8 Å². The van der Waals surface area contributed by atoms with Crippen molar-refractivity contribution in [2.45, 2.75) is 56.1 Å². The van der Waals surface area contributed by atoms with E-state index < -0.39 is 11.6 Å². The van der Waals surface area contributed by atoms with Gasteiger partial charge in [0.25, 0.3) is 0 Å². The van der Waals surface area contributed by atoms with Crippen molar-refractivity contribution in [1.29, 1.82) is 0 Å². The number of halogens is 3. The van der Waals surface area contributed by atoms with E-state index in [1.807, 2.05) is 6.07 Å². The summed E-state index contributed by atoms with van der Waals surface area (Å²) in [7, 11) is 0. The minimum absolute atomic E-state index is 0. The lowest BCUT2D eigenvalue weighted by Gasteiger charge is -2.34. The molecule has 0 spiro atoms. The number of hydrogen-bond acceptors (Lipinski definition) is 7. The van der Waals surface area contributed by atoms with Crippen molar-refractivity contribution in [3.8, 4) is 29.6 Å².